The maximum Gasteiger partial charge on any atom is 0.147 e. The quantitative estimate of drug-likeness (QED) is 0.836. The van der Waals surface area contributed by atoms with E-state index in [-0.39, 0.29) is 0 Å². The highest BCUT2D eigenvalue weighted by atomic mass is 15.2. The van der Waals surface area contributed by atoms with Crippen molar-refractivity contribution in [3.8, 4) is 0 Å². The highest BCUT2D eigenvalue weighted by molar-refractivity contribution is 5.35. The molecular formula is C14H17N5. The fraction of sp³-hybridized carbons (Fsp3) is 0.429. The Kier molecular flexibility index (Phi) is 3.63. The fourth-order valence-corrected chi connectivity index (χ4v) is 2.51. The Balaban J connectivity index is 1.55. The minimum Gasteiger partial charge on any atom is -0.355 e. The Morgan fingerprint density at radius 3 is 2.47 bits per heavy atom. The van der Waals surface area contributed by atoms with E-state index in [9.17, 15) is 0 Å². The van der Waals surface area contributed by atoms with E-state index >= 15 is 0 Å². The number of hydrogen-bond donors (Lipinski definition) is 0. The molecule has 0 aliphatic carbocycles. The van der Waals surface area contributed by atoms with Crippen molar-refractivity contribution in [3.05, 3.63) is 42.9 Å². The van der Waals surface area contributed by atoms with Crippen LogP contribution in [0.4, 0.5) is 5.82 Å². The van der Waals surface area contributed by atoms with Crippen LogP contribution in [0.5, 0.6) is 0 Å². The Hall–Kier alpha value is -2.04. The molecule has 0 spiro atoms. The van der Waals surface area contributed by atoms with Crippen LogP contribution in [0.1, 0.15) is 18.7 Å². The average molecular weight is 255 g/mol. The Labute approximate surface area is 112 Å². The predicted molar refractivity (Wildman–Crippen MR) is 72.7 cm³/mol. The zero-order valence-electron chi connectivity index (χ0n) is 10.8. The summed E-state index contributed by atoms with van der Waals surface area (Å²) in [4.78, 5) is 19.4. The maximum atomic E-state index is 4.35. The van der Waals surface area contributed by atoms with Crippen LogP contribution >= 0.6 is 0 Å². The second-order valence-corrected chi connectivity index (χ2v) is 4.86. The molecule has 0 radical (unpaired) electrons. The van der Waals surface area contributed by atoms with Crippen LogP contribution in [-0.2, 0) is 6.42 Å². The molecule has 2 aromatic rings. The molecule has 1 fully saturated rings. The van der Waals surface area contributed by atoms with Gasteiger partial charge in [0, 0.05) is 44.3 Å². The first kappa shape index (κ1) is 12.0. The van der Waals surface area contributed by atoms with Crippen molar-refractivity contribution in [1.29, 1.82) is 0 Å². The minimum atomic E-state index is 0.676. The van der Waals surface area contributed by atoms with Gasteiger partial charge in [0.1, 0.15) is 11.6 Å². The first-order valence-corrected chi connectivity index (χ1v) is 6.68. The van der Waals surface area contributed by atoms with E-state index in [4.69, 9.17) is 0 Å². The van der Waals surface area contributed by atoms with Crippen LogP contribution in [0, 0.1) is 5.92 Å². The topological polar surface area (TPSA) is 54.8 Å². The second kappa shape index (κ2) is 5.73. The molecule has 2 aromatic heterocycles. The summed E-state index contributed by atoms with van der Waals surface area (Å²) >= 11 is 0. The molecule has 5 nitrogen and oxygen atoms in total. The molecule has 3 rings (SSSR count). The number of piperidine rings is 1. The van der Waals surface area contributed by atoms with Gasteiger partial charge in [-0.3, -0.25) is 4.98 Å². The Morgan fingerprint density at radius 2 is 1.79 bits per heavy atom. The number of hydrogen-bond acceptors (Lipinski definition) is 5. The molecule has 0 saturated carbocycles. The summed E-state index contributed by atoms with van der Waals surface area (Å²) in [5.74, 6) is 2.62. The number of aromatic nitrogens is 4. The Morgan fingerprint density at radius 1 is 1.00 bits per heavy atom. The van der Waals surface area contributed by atoms with Crippen LogP contribution in [-0.4, -0.2) is 33.0 Å². The van der Waals surface area contributed by atoms with Gasteiger partial charge in [0.15, 0.2) is 0 Å². The van der Waals surface area contributed by atoms with Gasteiger partial charge in [-0.25, -0.2) is 15.0 Å². The number of rotatable bonds is 3. The zero-order chi connectivity index (χ0) is 12.9. The van der Waals surface area contributed by atoms with Gasteiger partial charge < -0.3 is 4.90 Å². The summed E-state index contributed by atoms with van der Waals surface area (Å²) in [5.41, 5.74) is 0. The molecular weight excluding hydrogens is 238 g/mol. The molecule has 1 saturated heterocycles. The van der Waals surface area contributed by atoms with Gasteiger partial charge in [0.25, 0.3) is 0 Å². The number of nitrogens with zero attached hydrogens (tertiary/aromatic N) is 5. The van der Waals surface area contributed by atoms with Crippen LogP contribution in [0.15, 0.2) is 37.1 Å². The van der Waals surface area contributed by atoms with Crippen molar-refractivity contribution in [3.63, 3.8) is 0 Å². The Bertz CT molecular complexity index is 494. The highest BCUT2D eigenvalue weighted by Gasteiger charge is 2.21. The molecule has 1 aliphatic heterocycles. The van der Waals surface area contributed by atoms with E-state index < -0.39 is 0 Å². The number of anilines is 1. The lowest BCUT2D eigenvalue weighted by atomic mass is 9.93. The monoisotopic (exact) mass is 255 g/mol. The van der Waals surface area contributed by atoms with Gasteiger partial charge in [-0.15, -0.1) is 0 Å². The predicted octanol–water partition coefficient (Wildman–Crippen LogP) is 1.73. The lowest BCUT2D eigenvalue weighted by molar-refractivity contribution is 0.395. The molecule has 0 bridgehead atoms. The van der Waals surface area contributed by atoms with Gasteiger partial charge in [-0.1, -0.05) is 0 Å². The van der Waals surface area contributed by atoms with Gasteiger partial charge in [-0.05, 0) is 24.8 Å². The smallest absolute Gasteiger partial charge is 0.147 e. The van der Waals surface area contributed by atoms with E-state index in [2.05, 4.69) is 24.8 Å². The third-order valence-electron chi connectivity index (χ3n) is 3.58. The van der Waals surface area contributed by atoms with E-state index in [0.717, 1.165) is 44.0 Å². The molecule has 0 N–H and O–H groups in total. The molecule has 98 valence electrons. The summed E-state index contributed by atoms with van der Waals surface area (Å²) in [6.45, 7) is 2.08. The molecule has 0 amide bonds. The lowest BCUT2D eigenvalue weighted by Gasteiger charge is -2.32. The minimum absolute atomic E-state index is 0.676. The molecule has 3 heterocycles. The van der Waals surface area contributed by atoms with Gasteiger partial charge in [-0.2, -0.15) is 0 Å². The highest BCUT2D eigenvalue weighted by Crippen LogP contribution is 2.23. The zero-order valence-corrected chi connectivity index (χ0v) is 10.8. The van der Waals surface area contributed by atoms with Crippen molar-refractivity contribution >= 4 is 5.82 Å². The van der Waals surface area contributed by atoms with E-state index in [1.165, 1.54) is 0 Å². The maximum absolute atomic E-state index is 4.35. The first-order chi connectivity index (χ1) is 9.42. The summed E-state index contributed by atoms with van der Waals surface area (Å²) in [7, 11) is 0. The summed E-state index contributed by atoms with van der Waals surface area (Å²) in [6, 6.07) is 1.86. The molecule has 1 aliphatic rings. The van der Waals surface area contributed by atoms with Crippen LogP contribution in [0.25, 0.3) is 0 Å². The summed E-state index contributed by atoms with van der Waals surface area (Å²) in [5, 5.41) is 0. The first-order valence-electron chi connectivity index (χ1n) is 6.68. The summed E-state index contributed by atoms with van der Waals surface area (Å²) < 4.78 is 0. The molecule has 0 atom stereocenters. The SMILES string of the molecule is c1cnc(CC2CCN(c3cnccn3)CC2)nc1. The summed E-state index contributed by atoms with van der Waals surface area (Å²) in [6.07, 6.45) is 12.2. The van der Waals surface area contributed by atoms with Gasteiger partial charge in [0.05, 0.1) is 6.20 Å². The standard InChI is InChI=1S/C14H17N5/c1-4-16-13(17-5-1)10-12-2-8-19(9-3-12)14-11-15-6-7-18-14/h1,4-7,11-12H,2-3,8-10H2. The molecule has 5 heteroatoms. The lowest BCUT2D eigenvalue weighted by Crippen LogP contribution is -2.35. The largest absolute Gasteiger partial charge is 0.355 e. The van der Waals surface area contributed by atoms with Crippen molar-refractivity contribution < 1.29 is 0 Å². The second-order valence-electron chi connectivity index (χ2n) is 4.86. The van der Waals surface area contributed by atoms with Crippen LogP contribution in [0.2, 0.25) is 0 Å². The van der Waals surface area contributed by atoms with E-state index in [1.54, 1.807) is 12.4 Å². The normalized spacial score (nSPS) is 16.5. The van der Waals surface area contributed by atoms with Crippen LogP contribution < -0.4 is 4.90 Å². The van der Waals surface area contributed by atoms with Crippen LogP contribution in [0.3, 0.4) is 0 Å². The molecule has 0 aromatic carbocycles. The molecule has 19 heavy (non-hydrogen) atoms. The van der Waals surface area contributed by atoms with Crippen molar-refractivity contribution in [2.75, 3.05) is 18.0 Å². The average Bonchev–Trinajstić information content (AvgIpc) is 2.50. The van der Waals surface area contributed by atoms with Crippen molar-refractivity contribution in [2.45, 2.75) is 19.3 Å². The molecule has 0 unspecified atom stereocenters. The van der Waals surface area contributed by atoms with E-state index in [0.29, 0.717) is 5.92 Å². The van der Waals surface area contributed by atoms with Crippen molar-refractivity contribution in [2.24, 2.45) is 5.92 Å². The van der Waals surface area contributed by atoms with Crippen molar-refractivity contribution in [1.82, 2.24) is 19.9 Å². The van der Waals surface area contributed by atoms with Gasteiger partial charge in [0.2, 0.25) is 0 Å². The van der Waals surface area contributed by atoms with E-state index in [1.807, 2.05) is 24.7 Å². The van der Waals surface area contributed by atoms with Gasteiger partial charge >= 0.3 is 0 Å². The fourth-order valence-electron chi connectivity index (χ4n) is 2.51. The third-order valence-corrected chi connectivity index (χ3v) is 3.58. The third kappa shape index (κ3) is 3.05.